The maximum Gasteiger partial charge on any atom is 0.345 e. The Morgan fingerprint density at radius 2 is 0.857 bits per heavy atom. The van der Waals surface area contributed by atoms with Crippen molar-refractivity contribution in [3.63, 3.8) is 0 Å². The summed E-state index contributed by atoms with van der Waals surface area (Å²) in [6.45, 7) is 36.7. The van der Waals surface area contributed by atoms with Crippen LogP contribution in [0.15, 0.2) is 29.8 Å². The fourth-order valence-corrected chi connectivity index (χ4v) is 12.8. The average Bonchev–Trinajstić information content (AvgIpc) is 3.19. The minimum atomic E-state index is -0.640. The van der Waals surface area contributed by atoms with E-state index in [0.717, 1.165) is 77.3 Å². The zero-order chi connectivity index (χ0) is 52.9. The number of methoxy groups -OCH3 is 1. The molecule has 4 aliphatic rings. The van der Waals surface area contributed by atoms with Crippen LogP contribution in [0, 0.1) is 0 Å². The Kier molecular flexibility index (Phi) is 19.2. The number of likely N-dealkylation sites (tertiary alicyclic amines) is 2. The number of nitrogens with one attached hydrogen (secondary N) is 2. The third kappa shape index (κ3) is 16.5. The number of ether oxygens (including phenoxy) is 3. The van der Waals surface area contributed by atoms with Gasteiger partial charge in [0.15, 0.2) is 0 Å². The largest absolute Gasteiger partial charge is 0.497 e. The Balaban J connectivity index is 0.000000309. The van der Waals surface area contributed by atoms with Gasteiger partial charge in [-0.15, -0.1) is 0 Å². The molecule has 70 heavy (non-hydrogen) atoms. The summed E-state index contributed by atoms with van der Waals surface area (Å²) >= 11 is 0. The number of hydrogen-bond acceptors (Lipinski definition) is 11. The van der Waals surface area contributed by atoms with Crippen molar-refractivity contribution in [2.75, 3.05) is 34.3 Å². The van der Waals surface area contributed by atoms with Gasteiger partial charge in [0.25, 0.3) is 0 Å². The number of nitrogens with zero attached hydrogens (tertiary/aromatic N) is 4. The van der Waals surface area contributed by atoms with Gasteiger partial charge in [-0.05, 0) is 187 Å². The SMILES string of the molecule is CC1(C)CC(N(C=O)CCCCCCN(C=O)C2CC(C)(C)NC(C)(C)C2)CC(C)(C)N1.COc1ccc(C=C(C(=O)OC2CC(C)(C)N(C)C(C)(C)C2)C(=O)OC2CC(C)(C)N(C)C(C)(C)C2)cc1. The van der Waals surface area contributed by atoms with Gasteiger partial charge in [0.1, 0.15) is 23.5 Å². The van der Waals surface area contributed by atoms with Gasteiger partial charge in [0, 0.05) is 95.2 Å². The molecule has 13 nitrogen and oxygen atoms in total. The van der Waals surface area contributed by atoms with E-state index < -0.39 is 11.9 Å². The molecule has 1 aromatic rings. The number of carbonyl (C=O) groups excluding carboxylic acids is 4. The molecule has 1 aromatic carbocycles. The van der Waals surface area contributed by atoms with Gasteiger partial charge >= 0.3 is 11.9 Å². The lowest BCUT2D eigenvalue weighted by Gasteiger charge is -2.53. The topological polar surface area (TPSA) is 133 Å². The molecule has 0 radical (unpaired) electrons. The van der Waals surface area contributed by atoms with Crippen LogP contribution in [0.3, 0.4) is 0 Å². The fourth-order valence-electron chi connectivity index (χ4n) is 12.8. The second kappa shape index (κ2) is 22.7. The van der Waals surface area contributed by atoms with Crippen molar-refractivity contribution < 1.29 is 33.4 Å². The molecule has 0 saturated carbocycles. The molecule has 0 unspecified atom stereocenters. The molecule has 0 aliphatic carbocycles. The molecule has 4 aliphatic heterocycles. The maximum absolute atomic E-state index is 13.6. The van der Waals surface area contributed by atoms with E-state index in [1.54, 1.807) is 25.3 Å². The highest BCUT2D eigenvalue weighted by Gasteiger charge is 2.47. The van der Waals surface area contributed by atoms with E-state index in [2.05, 4.69) is 145 Å². The molecule has 5 rings (SSSR count). The number of amides is 2. The van der Waals surface area contributed by atoms with Crippen molar-refractivity contribution in [3.05, 3.63) is 35.4 Å². The molecule has 2 amide bonds. The molecule has 4 saturated heterocycles. The van der Waals surface area contributed by atoms with Crippen molar-refractivity contribution >= 4 is 30.8 Å². The maximum atomic E-state index is 13.6. The summed E-state index contributed by atoms with van der Waals surface area (Å²) in [6.07, 6.45) is 14.0. The van der Waals surface area contributed by atoms with Crippen molar-refractivity contribution in [2.24, 2.45) is 0 Å². The lowest BCUT2D eigenvalue weighted by atomic mass is 9.78. The highest BCUT2D eigenvalue weighted by molar-refractivity contribution is 6.17. The van der Waals surface area contributed by atoms with Crippen LogP contribution in [0.1, 0.15) is 193 Å². The van der Waals surface area contributed by atoms with Crippen LogP contribution in [-0.4, -0.2) is 147 Å². The third-order valence-electron chi connectivity index (χ3n) is 16.1. The van der Waals surface area contributed by atoms with Crippen molar-refractivity contribution in [3.8, 4) is 5.75 Å². The summed E-state index contributed by atoms with van der Waals surface area (Å²) in [6, 6.07) is 7.81. The van der Waals surface area contributed by atoms with Gasteiger partial charge in [-0.2, -0.15) is 0 Å². The Labute approximate surface area is 424 Å². The first-order chi connectivity index (χ1) is 32.1. The molecule has 2 N–H and O–H groups in total. The number of rotatable bonds is 17. The highest BCUT2D eigenvalue weighted by atomic mass is 16.6. The molecule has 0 atom stereocenters. The average molecular weight is 979 g/mol. The third-order valence-corrected chi connectivity index (χ3v) is 16.1. The van der Waals surface area contributed by atoms with Crippen molar-refractivity contribution in [2.45, 2.75) is 256 Å². The van der Waals surface area contributed by atoms with E-state index in [0.29, 0.717) is 49.1 Å². The summed E-state index contributed by atoms with van der Waals surface area (Å²) in [7, 11) is 5.81. The minimum absolute atomic E-state index is 0.0454. The normalized spacial score (nSPS) is 23.9. The molecule has 398 valence electrons. The Morgan fingerprint density at radius 1 is 0.543 bits per heavy atom. The summed E-state index contributed by atoms with van der Waals surface area (Å²) in [5.41, 5.74) is 0.177. The van der Waals surface area contributed by atoms with Crippen molar-refractivity contribution in [1.82, 2.24) is 30.2 Å². The van der Waals surface area contributed by atoms with Gasteiger partial charge in [0.05, 0.1) is 7.11 Å². The number of esters is 2. The molecular weight excluding hydrogens is 881 g/mol. The van der Waals surface area contributed by atoms with Crippen LogP contribution in [0.5, 0.6) is 5.75 Å². The van der Waals surface area contributed by atoms with E-state index >= 15 is 0 Å². The van der Waals surface area contributed by atoms with Crippen LogP contribution >= 0.6 is 0 Å². The smallest absolute Gasteiger partial charge is 0.345 e. The Morgan fingerprint density at radius 3 is 1.14 bits per heavy atom. The lowest BCUT2D eigenvalue weighted by molar-refractivity contribution is -0.162. The molecule has 0 bridgehead atoms. The molecule has 0 aromatic heterocycles. The molecule has 0 spiro atoms. The van der Waals surface area contributed by atoms with Crippen LogP contribution in [0.4, 0.5) is 0 Å². The molecular formula is C57H98N6O7. The first-order valence-corrected chi connectivity index (χ1v) is 26.3. The van der Waals surface area contributed by atoms with Gasteiger partial charge in [0.2, 0.25) is 12.8 Å². The number of benzene rings is 1. The second-order valence-electron chi connectivity index (χ2n) is 26.6. The van der Waals surface area contributed by atoms with Gasteiger partial charge < -0.3 is 34.6 Å². The zero-order valence-corrected chi connectivity index (χ0v) is 47.4. The monoisotopic (exact) mass is 979 g/mol. The summed E-state index contributed by atoms with van der Waals surface area (Å²) < 4.78 is 17.3. The van der Waals surface area contributed by atoms with E-state index in [4.69, 9.17) is 14.2 Å². The zero-order valence-electron chi connectivity index (χ0n) is 47.4. The molecule has 4 fully saturated rings. The van der Waals surface area contributed by atoms with E-state index in [1.807, 2.05) is 21.9 Å². The van der Waals surface area contributed by atoms with Crippen LogP contribution in [0.25, 0.3) is 6.08 Å². The van der Waals surface area contributed by atoms with E-state index in [-0.39, 0.29) is 62.1 Å². The second-order valence-corrected chi connectivity index (χ2v) is 26.6. The summed E-state index contributed by atoms with van der Waals surface area (Å²) in [5.74, 6) is -0.586. The summed E-state index contributed by atoms with van der Waals surface area (Å²) in [4.78, 5) is 59.5. The van der Waals surface area contributed by atoms with Gasteiger partial charge in [-0.3, -0.25) is 19.4 Å². The Hall–Kier alpha value is -3.52. The van der Waals surface area contributed by atoms with Crippen molar-refractivity contribution in [1.29, 1.82) is 0 Å². The van der Waals surface area contributed by atoms with E-state index in [9.17, 15) is 19.2 Å². The molecule has 4 heterocycles. The van der Waals surface area contributed by atoms with E-state index in [1.165, 1.54) is 0 Å². The number of carbonyl (C=O) groups is 4. The number of hydrogen-bond donors (Lipinski definition) is 2. The minimum Gasteiger partial charge on any atom is -0.497 e. The summed E-state index contributed by atoms with van der Waals surface area (Å²) in [5, 5.41) is 7.40. The number of unbranched alkanes of at least 4 members (excludes halogenated alkanes) is 3. The standard InChI is InChI=1S/C31H48N2O5.C26H50N4O2/c1-28(2)17-23(18-29(3,4)32(28)9)37-26(34)25(16-21-12-14-22(36-11)15-13-21)27(35)38-24-19-30(5,6)33(10)31(7,8)20-24;1-23(2)15-21(16-24(3,4)27-23)29(19-31)13-11-9-10-12-14-30(20-32)22-17-25(5,6)28-26(7,8)18-22/h12-16,23-24H,17-20H2,1-11H3;19-22,27-28H,9-18H2,1-8H3. The Bertz CT molecular complexity index is 1770. The lowest BCUT2D eigenvalue weighted by Crippen LogP contribution is -2.62. The van der Waals surface area contributed by atoms with Gasteiger partial charge in [-0.25, -0.2) is 9.59 Å². The van der Waals surface area contributed by atoms with Crippen LogP contribution in [-0.2, 0) is 28.7 Å². The fraction of sp³-hybridized carbons (Fsp3) is 0.789. The van der Waals surface area contributed by atoms with Crippen LogP contribution in [0.2, 0.25) is 0 Å². The van der Waals surface area contributed by atoms with Gasteiger partial charge in [-0.1, -0.05) is 25.0 Å². The quantitative estimate of drug-likeness (QED) is 0.0386. The van der Waals surface area contributed by atoms with Crippen LogP contribution < -0.4 is 15.4 Å². The highest BCUT2D eigenvalue weighted by Crippen LogP contribution is 2.41. The number of piperidine rings is 4. The predicted molar refractivity (Wildman–Crippen MR) is 284 cm³/mol. The molecule has 13 heteroatoms. The predicted octanol–water partition coefficient (Wildman–Crippen LogP) is 9.55. The first kappa shape index (κ1) is 59.0. The first-order valence-electron chi connectivity index (χ1n) is 26.3.